The lowest BCUT2D eigenvalue weighted by atomic mass is 10.0. The molecule has 0 fully saturated rings. The third kappa shape index (κ3) is 3.05. The summed E-state index contributed by atoms with van der Waals surface area (Å²) in [6.07, 6.45) is 3.85. The molecule has 78 valence electrons. The average molecular weight is 257 g/mol. The Hall–Kier alpha value is -0.440. The van der Waals surface area contributed by atoms with E-state index in [0.29, 0.717) is 10.7 Å². The largest absolute Gasteiger partial charge is 0.241 e. The molecule has 0 radical (unpaired) electrons. The molecule has 2 atom stereocenters. The average Bonchev–Trinajstić information content (AvgIpc) is 2.17. The first-order valence-corrected chi connectivity index (χ1v) is 6.01. The van der Waals surface area contributed by atoms with E-state index in [1.807, 2.05) is 0 Å². The lowest BCUT2D eigenvalue weighted by molar-refractivity contribution is 0.721. The van der Waals surface area contributed by atoms with Gasteiger partial charge in [-0.15, -0.1) is 0 Å². The highest BCUT2D eigenvalue weighted by Crippen LogP contribution is 2.22. The Morgan fingerprint density at radius 3 is 2.64 bits per heavy atom. The maximum atomic E-state index is 4.30. The summed E-state index contributed by atoms with van der Waals surface area (Å²) in [6.45, 7) is 6.49. The molecule has 2 nitrogen and oxygen atoms in total. The van der Waals surface area contributed by atoms with Crippen molar-refractivity contribution in [1.82, 2.24) is 9.97 Å². The second-order valence-corrected chi connectivity index (χ2v) is 5.09. The van der Waals surface area contributed by atoms with Gasteiger partial charge in [-0.1, -0.05) is 43.1 Å². The van der Waals surface area contributed by atoms with Crippen LogP contribution in [0, 0.1) is 0 Å². The van der Waals surface area contributed by atoms with E-state index in [0.717, 1.165) is 24.2 Å². The monoisotopic (exact) mass is 256 g/mol. The predicted molar refractivity (Wildman–Crippen MR) is 62.8 cm³/mol. The van der Waals surface area contributed by atoms with E-state index in [2.05, 4.69) is 52.7 Å². The second kappa shape index (κ2) is 5.44. The summed E-state index contributed by atoms with van der Waals surface area (Å²) < 4.78 is 0. The normalized spacial score (nSPS) is 15.1. The van der Waals surface area contributed by atoms with Crippen molar-refractivity contribution >= 4 is 15.9 Å². The summed E-state index contributed by atoms with van der Waals surface area (Å²) in [5.41, 5.74) is 2.28. The lowest BCUT2D eigenvalue weighted by Gasteiger charge is -2.13. The van der Waals surface area contributed by atoms with Gasteiger partial charge in [-0.05, 0) is 12.5 Å². The van der Waals surface area contributed by atoms with Gasteiger partial charge >= 0.3 is 0 Å². The molecule has 3 heteroatoms. The van der Waals surface area contributed by atoms with Crippen LogP contribution in [0.5, 0.6) is 0 Å². The van der Waals surface area contributed by atoms with E-state index < -0.39 is 0 Å². The number of aryl methyl sites for hydroxylation is 1. The van der Waals surface area contributed by atoms with Gasteiger partial charge in [0.2, 0.25) is 0 Å². The maximum absolute atomic E-state index is 4.30. The Balaban J connectivity index is 2.82. The quantitative estimate of drug-likeness (QED) is 0.773. The second-order valence-electron chi connectivity index (χ2n) is 3.65. The molecule has 0 saturated carbocycles. The zero-order chi connectivity index (χ0) is 10.6. The van der Waals surface area contributed by atoms with Crippen LogP contribution in [0.1, 0.15) is 44.5 Å². The van der Waals surface area contributed by atoms with Gasteiger partial charge in [-0.2, -0.15) is 0 Å². The molecule has 0 aliphatic rings. The van der Waals surface area contributed by atoms with Crippen molar-refractivity contribution in [2.75, 3.05) is 0 Å². The zero-order valence-corrected chi connectivity index (χ0v) is 10.6. The van der Waals surface area contributed by atoms with E-state index in [4.69, 9.17) is 0 Å². The molecule has 1 rings (SSSR count). The molecule has 14 heavy (non-hydrogen) atoms. The van der Waals surface area contributed by atoms with Gasteiger partial charge in [-0.25, -0.2) is 9.97 Å². The summed E-state index contributed by atoms with van der Waals surface area (Å²) in [4.78, 5) is 9.00. The van der Waals surface area contributed by atoms with Crippen LogP contribution in [0.25, 0.3) is 0 Å². The molecule has 1 aromatic heterocycles. The standard InChI is InChI=1S/C11H17BrN2/c1-4-5-10-6-11(14-7-13-10)8(2)9(3)12/h6-9H,4-5H2,1-3H3. The molecule has 0 spiro atoms. The zero-order valence-electron chi connectivity index (χ0n) is 9.00. The van der Waals surface area contributed by atoms with Crippen molar-refractivity contribution in [3.63, 3.8) is 0 Å². The number of hydrogen-bond acceptors (Lipinski definition) is 2. The summed E-state index contributed by atoms with van der Waals surface area (Å²) in [7, 11) is 0. The van der Waals surface area contributed by atoms with E-state index in [9.17, 15) is 0 Å². The third-order valence-corrected chi connectivity index (χ3v) is 3.20. The molecular formula is C11H17BrN2. The Morgan fingerprint density at radius 2 is 2.07 bits per heavy atom. The first-order chi connectivity index (χ1) is 6.65. The number of halogens is 1. The highest BCUT2D eigenvalue weighted by atomic mass is 79.9. The van der Waals surface area contributed by atoms with Gasteiger partial charge in [0.25, 0.3) is 0 Å². The number of rotatable bonds is 4. The maximum Gasteiger partial charge on any atom is 0.115 e. The molecule has 2 unspecified atom stereocenters. The van der Waals surface area contributed by atoms with E-state index >= 15 is 0 Å². The Morgan fingerprint density at radius 1 is 1.36 bits per heavy atom. The molecular weight excluding hydrogens is 240 g/mol. The van der Waals surface area contributed by atoms with Crippen LogP contribution in [0.3, 0.4) is 0 Å². The third-order valence-electron chi connectivity index (χ3n) is 2.41. The Labute approximate surface area is 94.3 Å². The molecule has 0 N–H and O–H groups in total. The van der Waals surface area contributed by atoms with Gasteiger partial charge in [-0.3, -0.25) is 0 Å². The molecule has 0 aromatic carbocycles. The minimum atomic E-state index is 0.439. The fraction of sp³-hybridized carbons (Fsp3) is 0.636. The minimum Gasteiger partial charge on any atom is -0.241 e. The Kier molecular flexibility index (Phi) is 4.52. The molecule has 0 aliphatic carbocycles. The number of alkyl halides is 1. The van der Waals surface area contributed by atoms with Crippen LogP contribution in [0.2, 0.25) is 0 Å². The van der Waals surface area contributed by atoms with Crippen molar-refractivity contribution in [1.29, 1.82) is 0 Å². The fourth-order valence-corrected chi connectivity index (χ4v) is 1.56. The molecule has 0 saturated heterocycles. The molecule has 1 heterocycles. The van der Waals surface area contributed by atoms with Crippen LogP contribution in [0.15, 0.2) is 12.4 Å². The van der Waals surface area contributed by atoms with Crippen LogP contribution >= 0.6 is 15.9 Å². The van der Waals surface area contributed by atoms with Crippen molar-refractivity contribution in [3.8, 4) is 0 Å². The Bertz CT molecular complexity index is 286. The SMILES string of the molecule is CCCc1cc(C(C)C(C)Br)ncn1. The van der Waals surface area contributed by atoms with E-state index in [-0.39, 0.29) is 0 Å². The topological polar surface area (TPSA) is 25.8 Å². The van der Waals surface area contributed by atoms with Crippen LogP contribution in [0.4, 0.5) is 0 Å². The van der Waals surface area contributed by atoms with Gasteiger partial charge in [0.05, 0.1) is 0 Å². The van der Waals surface area contributed by atoms with Crippen molar-refractivity contribution in [3.05, 3.63) is 23.8 Å². The van der Waals surface area contributed by atoms with Gasteiger partial charge < -0.3 is 0 Å². The summed E-state index contributed by atoms with van der Waals surface area (Å²) in [5, 5.41) is 0. The van der Waals surface area contributed by atoms with Crippen LogP contribution in [-0.4, -0.2) is 14.8 Å². The predicted octanol–water partition coefficient (Wildman–Crippen LogP) is 3.32. The summed E-state index contributed by atoms with van der Waals surface area (Å²) in [5.74, 6) is 0.439. The highest BCUT2D eigenvalue weighted by Gasteiger charge is 2.12. The van der Waals surface area contributed by atoms with Gasteiger partial charge in [0, 0.05) is 22.1 Å². The molecule has 1 aromatic rings. The van der Waals surface area contributed by atoms with Gasteiger partial charge in [0.15, 0.2) is 0 Å². The van der Waals surface area contributed by atoms with Crippen LogP contribution in [-0.2, 0) is 6.42 Å². The number of aromatic nitrogens is 2. The van der Waals surface area contributed by atoms with Crippen molar-refractivity contribution < 1.29 is 0 Å². The van der Waals surface area contributed by atoms with Crippen LogP contribution < -0.4 is 0 Å². The molecule has 0 amide bonds. The smallest absolute Gasteiger partial charge is 0.115 e. The van der Waals surface area contributed by atoms with Crippen molar-refractivity contribution in [2.45, 2.75) is 44.4 Å². The first kappa shape index (κ1) is 11.6. The summed E-state index contributed by atoms with van der Waals surface area (Å²) in [6, 6.07) is 2.12. The fourth-order valence-electron chi connectivity index (χ4n) is 1.29. The molecule has 0 aliphatic heterocycles. The minimum absolute atomic E-state index is 0.439. The first-order valence-electron chi connectivity index (χ1n) is 5.10. The lowest BCUT2D eigenvalue weighted by Crippen LogP contribution is -2.07. The summed E-state index contributed by atoms with van der Waals surface area (Å²) >= 11 is 3.58. The van der Waals surface area contributed by atoms with E-state index in [1.165, 1.54) is 0 Å². The highest BCUT2D eigenvalue weighted by molar-refractivity contribution is 9.09. The number of nitrogens with zero attached hydrogens (tertiary/aromatic N) is 2. The molecule has 0 bridgehead atoms. The van der Waals surface area contributed by atoms with Gasteiger partial charge in [0.1, 0.15) is 6.33 Å². The van der Waals surface area contributed by atoms with E-state index in [1.54, 1.807) is 6.33 Å². The number of hydrogen-bond donors (Lipinski definition) is 0. The van der Waals surface area contributed by atoms with Crippen molar-refractivity contribution in [2.24, 2.45) is 0 Å².